The highest BCUT2D eigenvalue weighted by Crippen LogP contribution is 2.69. The van der Waals surface area contributed by atoms with E-state index < -0.39 is 22.2 Å². The number of carbonyl (C=O) groups excluding carboxylic acids is 1. The van der Waals surface area contributed by atoms with Crippen LogP contribution in [-0.4, -0.2) is 36.0 Å². The van der Waals surface area contributed by atoms with E-state index in [0.717, 1.165) is 78.3 Å². The zero-order valence-electron chi connectivity index (χ0n) is 38.1. The topological polar surface area (TPSA) is 65.0 Å². The Morgan fingerprint density at radius 3 is 1.45 bits per heavy atom. The third-order valence-electron chi connectivity index (χ3n) is 17.0. The molecule has 5 heteroatoms. The number of ether oxygens (including phenoxy) is 3. The average molecular weight is 865 g/mol. The molecule has 8 atom stereocenters. The van der Waals surface area contributed by atoms with Gasteiger partial charge in [0.05, 0.1) is 30.8 Å². The molecule has 0 radical (unpaired) electrons. The van der Waals surface area contributed by atoms with E-state index in [4.69, 9.17) is 14.2 Å². The fourth-order valence-corrected chi connectivity index (χ4v) is 14.0. The molecule has 334 valence electrons. The second-order valence-corrected chi connectivity index (χ2v) is 19.9. The molecule has 1 N–H and O–H groups in total. The Morgan fingerprint density at radius 1 is 0.554 bits per heavy atom. The fourth-order valence-electron chi connectivity index (χ4n) is 14.0. The summed E-state index contributed by atoms with van der Waals surface area (Å²) < 4.78 is 21.4. The molecule has 6 aromatic rings. The van der Waals surface area contributed by atoms with Crippen LogP contribution in [0.3, 0.4) is 0 Å². The van der Waals surface area contributed by atoms with Crippen LogP contribution < -0.4 is 0 Å². The predicted molar refractivity (Wildman–Crippen MR) is 257 cm³/mol. The first kappa shape index (κ1) is 43.6. The van der Waals surface area contributed by atoms with Crippen molar-refractivity contribution in [3.63, 3.8) is 0 Å². The van der Waals surface area contributed by atoms with Crippen LogP contribution in [0.2, 0.25) is 0 Å². The van der Waals surface area contributed by atoms with Gasteiger partial charge in [-0.3, -0.25) is 4.79 Å². The Bertz CT molecular complexity index is 2300. The smallest absolute Gasteiger partial charge is 0.309 e. The molecular weight excluding hydrogens is 801 g/mol. The summed E-state index contributed by atoms with van der Waals surface area (Å²) in [7, 11) is 0. The van der Waals surface area contributed by atoms with Gasteiger partial charge in [0.15, 0.2) is 0 Å². The maximum absolute atomic E-state index is 14.0. The lowest BCUT2D eigenvalue weighted by Crippen LogP contribution is -2.66. The van der Waals surface area contributed by atoms with Gasteiger partial charge in [-0.05, 0) is 115 Å². The van der Waals surface area contributed by atoms with Crippen LogP contribution in [0.4, 0.5) is 0 Å². The summed E-state index contributed by atoms with van der Waals surface area (Å²) >= 11 is 0. The van der Waals surface area contributed by atoms with Crippen LogP contribution in [0.5, 0.6) is 0 Å². The molecule has 0 aromatic heterocycles. The van der Waals surface area contributed by atoms with Crippen LogP contribution in [-0.2, 0) is 30.2 Å². The standard InChI is InChI=1S/C60H64O5/c1-3-63-55(61)54-35-34-52-51-37-41-58(62)42-50(65-60(47-28-16-7-17-29-47,48-30-18-8-19-31-48)49-32-20-9-21-33-49)36-40-57(58,53(51)38-39-56(52,54)2)43-64-59(44-22-10-4-11-23-44,45-24-12-5-13-25-45)46-26-14-6-15-27-46/h4-33,50-54,62H,3,34-43H2,1-2H3. The molecule has 0 heterocycles. The van der Waals surface area contributed by atoms with Gasteiger partial charge in [0.25, 0.3) is 0 Å². The highest BCUT2D eigenvalue weighted by Gasteiger charge is 2.68. The van der Waals surface area contributed by atoms with Crippen LogP contribution in [0.25, 0.3) is 0 Å². The van der Waals surface area contributed by atoms with Crippen molar-refractivity contribution in [2.24, 2.45) is 34.5 Å². The fraction of sp³-hybridized carbons (Fsp3) is 0.383. The van der Waals surface area contributed by atoms with Crippen molar-refractivity contribution in [1.82, 2.24) is 0 Å². The largest absolute Gasteiger partial charge is 0.466 e. The highest BCUT2D eigenvalue weighted by atomic mass is 16.5. The lowest BCUT2D eigenvalue weighted by molar-refractivity contribution is -0.262. The van der Waals surface area contributed by atoms with Crippen molar-refractivity contribution in [3.8, 4) is 0 Å². The van der Waals surface area contributed by atoms with Gasteiger partial charge in [-0.2, -0.15) is 0 Å². The zero-order valence-corrected chi connectivity index (χ0v) is 38.1. The summed E-state index contributed by atoms with van der Waals surface area (Å²) in [6.45, 7) is 5.07. The Hall–Kier alpha value is -5.33. The molecule has 65 heavy (non-hydrogen) atoms. The number of hydrogen-bond acceptors (Lipinski definition) is 5. The molecule has 0 spiro atoms. The van der Waals surface area contributed by atoms with Crippen molar-refractivity contribution < 1.29 is 24.1 Å². The van der Waals surface area contributed by atoms with Crippen LogP contribution in [0, 0.1) is 34.5 Å². The van der Waals surface area contributed by atoms with Crippen molar-refractivity contribution >= 4 is 5.97 Å². The second-order valence-electron chi connectivity index (χ2n) is 19.9. The molecule has 6 aromatic carbocycles. The summed E-state index contributed by atoms with van der Waals surface area (Å²) in [5, 5.41) is 14.0. The molecule has 4 fully saturated rings. The molecule has 8 unspecified atom stereocenters. The number of carbonyl (C=O) groups is 1. The molecular formula is C60H64O5. The van der Waals surface area contributed by atoms with Crippen LogP contribution in [0.1, 0.15) is 105 Å². The molecule has 0 aliphatic heterocycles. The average Bonchev–Trinajstić information content (AvgIpc) is 3.72. The zero-order chi connectivity index (χ0) is 44.5. The van der Waals surface area contributed by atoms with Crippen molar-refractivity contribution in [2.45, 2.75) is 94.5 Å². The van der Waals surface area contributed by atoms with Gasteiger partial charge >= 0.3 is 5.97 Å². The predicted octanol–water partition coefficient (Wildman–Crippen LogP) is 12.7. The van der Waals surface area contributed by atoms with Gasteiger partial charge in [0.1, 0.15) is 11.2 Å². The van der Waals surface area contributed by atoms with Gasteiger partial charge in [0, 0.05) is 11.8 Å². The first-order chi connectivity index (χ1) is 31.8. The van der Waals surface area contributed by atoms with E-state index in [0.29, 0.717) is 37.9 Å². The summed E-state index contributed by atoms with van der Waals surface area (Å²) in [5.41, 5.74) is 2.73. The van der Waals surface area contributed by atoms with Crippen molar-refractivity contribution in [3.05, 3.63) is 215 Å². The molecule has 4 aliphatic rings. The quantitative estimate of drug-likeness (QED) is 0.0925. The Balaban J connectivity index is 1.09. The minimum atomic E-state index is -1.09. The Kier molecular flexibility index (Phi) is 11.9. The summed E-state index contributed by atoms with van der Waals surface area (Å²) in [4.78, 5) is 13.6. The normalized spacial score (nSPS) is 28.6. The number of aliphatic hydroxyl groups is 1. The van der Waals surface area contributed by atoms with E-state index in [1.807, 2.05) is 6.92 Å². The Morgan fingerprint density at radius 2 is 1.00 bits per heavy atom. The molecule has 0 saturated heterocycles. The summed E-state index contributed by atoms with van der Waals surface area (Å²) in [5.74, 6) is 0.801. The molecule has 10 rings (SSSR count). The first-order valence-corrected chi connectivity index (χ1v) is 24.3. The van der Waals surface area contributed by atoms with Crippen molar-refractivity contribution in [2.75, 3.05) is 13.2 Å². The summed E-state index contributed by atoms with van der Waals surface area (Å²) in [6, 6.07) is 63.9. The molecule has 4 aliphatic carbocycles. The second kappa shape index (κ2) is 17.8. The lowest BCUT2D eigenvalue weighted by Gasteiger charge is -2.65. The van der Waals surface area contributed by atoms with Gasteiger partial charge in [-0.25, -0.2) is 0 Å². The summed E-state index contributed by atoms with van der Waals surface area (Å²) in [6.07, 6.45) is 7.07. The van der Waals surface area contributed by atoms with E-state index in [-0.39, 0.29) is 29.3 Å². The molecule has 0 bridgehead atoms. The number of fused-ring (bicyclic) bond motifs is 5. The Labute approximate surface area is 386 Å². The number of rotatable bonds is 13. The highest BCUT2D eigenvalue weighted by molar-refractivity contribution is 5.74. The monoisotopic (exact) mass is 864 g/mol. The minimum Gasteiger partial charge on any atom is -0.466 e. The van der Waals surface area contributed by atoms with Crippen LogP contribution >= 0.6 is 0 Å². The minimum absolute atomic E-state index is 0.0314. The van der Waals surface area contributed by atoms with Gasteiger partial charge in [0.2, 0.25) is 0 Å². The van der Waals surface area contributed by atoms with E-state index >= 15 is 0 Å². The number of esters is 1. The maximum Gasteiger partial charge on any atom is 0.309 e. The van der Waals surface area contributed by atoms with Gasteiger partial charge in [-0.1, -0.05) is 189 Å². The lowest BCUT2D eigenvalue weighted by atomic mass is 9.42. The number of benzene rings is 6. The van der Waals surface area contributed by atoms with Crippen molar-refractivity contribution in [1.29, 1.82) is 0 Å². The first-order valence-electron chi connectivity index (χ1n) is 24.3. The molecule has 0 amide bonds. The van der Waals surface area contributed by atoms with Gasteiger partial charge in [-0.15, -0.1) is 0 Å². The van der Waals surface area contributed by atoms with E-state index in [9.17, 15) is 9.90 Å². The van der Waals surface area contributed by atoms with Crippen LogP contribution in [0.15, 0.2) is 182 Å². The molecule has 4 saturated carbocycles. The SMILES string of the molecule is CCOC(=O)C1CCC2C3CCC4(O)CC(OC(c5ccccc5)(c5ccccc5)c5ccccc5)CCC4(COC(c4ccccc4)(c4ccccc4)c4ccccc4)C3CCC12C. The third kappa shape index (κ3) is 7.30. The van der Waals surface area contributed by atoms with E-state index in [1.54, 1.807) is 0 Å². The maximum atomic E-state index is 14.0. The van der Waals surface area contributed by atoms with E-state index in [1.165, 1.54) is 0 Å². The third-order valence-corrected chi connectivity index (χ3v) is 17.0. The van der Waals surface area contributed by atoms with E-state index in [2.05, 4.69) is 189 Å². The number of hydrogen-bond donors (Lipinski definition) is 1. The molecule has 5 nitrogen and oxygen atoms in total. The van der Waals surface area contributed by atoms with Gasteiger partial charge < -0.3 is 19.3 Å².